The van der Waals surface area contributed by atoms with Gasteiger partial charge in [0, 0.05) is 25.5 Å². The zero-order valence-corrected chi connectivity index (χ0v) is 16.5. The van der Waals surface area contributed by atoms with Crippen LogP contribution in [-0.2, 0) is 14.3 Å². The van der Waals surface area contributed by atoms with Gasteiger partial charge in [0.1, 0.15) is 5.75 Å². The van der Waals surface area contributed by atoms with E-state index in [9.17, 15) is 9.59 Å². The van der Waals surface area contributed by atoms with Gasteiger partial charge in [-0.15, -0.1) is 0 Å². The number of carbonyl (C=O) groups excluding carboxylic acids is 2. The van der Waals surface area contributed by atoms with E-state index in [2.05, 4.69) is 5.32 Å². The lowest BCUT2D eigenvalue weighted by molar-refractivity contribution is -0.149. The highest BCUT2D eigenvalue weighted by Crippen LogP contribution is 2.24. The van der Waals surface area contributed by atoms with Crippen LogP contribution in [0.4, 0.5) is 11.4 Å². The summed E-state index contributed by atoms with van der Waals surface area (Å²) in [6.45, 7) is 5.26. The van der Waals surface area contributed by atoms with Gasteiger partial charge in [-0.1, -0.05) is 17.7 Å². The second-order valence-corrected chi connectivity index (χ2v) is 6.67. The summed E-state index contributed by atoms with van der Waals surface area (Å²) < 4.78 is 10.5. The number of rotatable bonds is 7. The van der Waals surface area contributed by atoms with E-state index in [-0.39, 0.29) is 13.2 Å². The molecular formula is C21H26N2O4. The van der Waals surface area contributed by atoms with Crippen molar-refractivity contribution in [2.45, 2.75) is 20.8 Å². The molecule has 0 aliphatic carbocycles. The Labute approximate surface area is 160 Å². The zero-order valence-electron chi connectivity index (χ0n) is 16.5. The largest absolute Gasteiger partial charge is 0.481 e. The molecule has 6 heteroatoms. The first kappa shape index (κ1) is 20.3. The number of benzene rings is 2. The molecule has 0 unspecified atom stereocenters. The molecule has 0 aliphatic rings. The van der Waals surface area contributed by atoms with Crippen LogP contribution in [0.2, 0.25) is 0 Å². The molecule has 0 aliphatic heterocycles. The number of anilines is 2. The van der Waals surface area contributed by atoms with Crippen LogP contribution in [0.1, 0.15) is 16.7 Å². The number of hydrogen-bond donors (Lipinski definition) is 1. The van der Waals surface area contributed by atoms with E-state index in [1.165, 1.54) is 0 Å². The first-order valence-corrected chi connectivity index (χ1v) is 8.70. The molecular weight excluding hydrogens is 344 g/mol. The average molecular weight is 370 g/mol. The number of ether oxygens (including phenoxy) is 2. The molecule has 0 spiro atoms. The van der Waals surface area contributed by atoms with Crippen LogP contribution in [0, 0.1) is 20.8 Å². The van der Waals surface area contributed by atoms with Gasteiger partial charge < -0.3 is 19.7 Å². The van der Waals surface area contributed by atoms with Gasteiger partial charge in [-0.25, -0.2) is 4.79 Å². The molecule has 0 saturated carbocycles. The smallest absolute Gasteiger partial charge is 0.344 e. The van der Waals surface area contributed by atoms with Gasteiger partial charge in [0.05, 0.1) is 0 Å². The molecule has 0 saturated heterocycles. The van der Waals surface area contributed by atoms with E-state index in [0.717, 1.165) is 22.4 Å². The van der Waals surface area contributed by atoms with Crippen molar-refractivity contribution < 1.29 is 19.1 Å². The number of esters is 1. The number of aryl methyl sites for hydroxylation is 3. The summed E-state index contributed by atoms with van der Waals surface area (Å²) >= 11 is 0. The van der Waals surface area contributed by atoms with E-state index in [1.54, 1.807) is 12.1 Å². The maximum Gasteiger partial charge on any atom is 0.344 e. The van der Waals surface area contributed by atoms with Crippen molar-refractivity contribution in [3.8, 4) is 5.75 Å². The van der Waals surface area contributed by atoms with Crippen LogP contribution < -0.4 is 15.0 Å². The summed E-state index contributed by atoms with van der Waals surface area (Å²) in [7, 11) is 3.88. The second-order valence-electron chi connectivity index (χ2n) is 6.67. The molecule has 0 fully saturated rings. The minimum atomic E-state index is -0.590. The zero-order chi connectivity index (χ0) is 20.0. The average Bonchev–Trinajstić information content (AvgIpc) is 2.59. The first-order chi connectivity index (χ1) is 12.8. The van der Waals surface area contributed by atoms with Crippen LogP contribution in [0.5, 0.6) is 5.75 Å². The number of hydrogen-bond acceptors (Lipinski definition) is 5. The van der Waals surface area contributed by atoms with Crippen molar-refractivity contribution in [2.75, 3.05) is 37.5 Å². The third-order valence-corrected chi connectivity index (χ3v) is 3.97. The SMILES string of the molecule is Cc1cc(C)c(OCC(=O)OCC(=O)Nc2ccc(N(C)C)cc2)c(C)c1. The van der Waals surface area contributed by atoms with E-state index in [0.29, 0.717) is 11.4 Å². The van der Waals surface area contributed by atoms with Crippen molar-refractivity contribution in [3.63, 3.8) is 0 Å². The second kappa shape index (κ2) is 9.07. The Bertz CT molecular complexity index is 790. The third kappa shape index (κ3) is 6.02. The van der Waals surface area contributed by atoms with Gasteiger partial charge in [-0.3, -0.25) is 4.79 Å². The van der Waals surface area contributed by atoms with Crippen molar-refractivity contribution in [1.29, 1.82) is 0 Å². The topological polar surface area (TPSA) is 67.9 Å². The molecule has 0 bridgehead atoms. The number of nitrogens with one attached hydrogen (secondary N) is 1. The van der Waals surface area contributed by atoms with Crippen molar-refractivity contribution in [2.24, 2.45) is 0 Å². The van der Waals surface area contributed by atoms with E-state index >= 15 is 0 Å². The fraction of sp³-hybridized carbons (Fsp3) is 0.333. The van der Waals surface area contributed by atoms with E-state index < -0.39 is 11.9 Å². The Kier molecular flexibility index (Phi) is 6.82. The lowest BCUT2D eigenvalue weighted by Crippen LogP contribution is -2.24. The Balaban J connectivity index is 1.79. The molecule has 0 aromatic heterocycles. The molecule has 2 aromatic rings. The van der Waals surface area contributed by atoms with Crippen LogP contribution in [-0.4, -0.2) is 39.2 Å². The number of nitrogens with zero attached hydrogens (tertiary/aromatic N) is 1. The molecule has 0 radical (unpaired) electrons. The van der Waals surface area contributed by atoms with Crippen LogP contribution in [0.25, 0.3) is 0 Å². The molecule has 1 amide bonds. The normalized spacial score (nSPS) is 10.3. The van der Waals surface area contributed by atoms with E-state index in [4.69, 9.17) is 9.47 Å². The summed E-state index contributed by atoms with van der Waals surface area (Å²) in [6.07, 6.45) is 0. The highest BCUT2D eigenvalue weighted by Gasteiger charge is 2.11. The fourth-order valence-corrected chi connectivity index (χ4v) is 2.75. The summed E-state index contributed by atoms with van der Waals surface area (Å²) in [5.41, 5.74) is 4.72. The minimum Gasteiger partial charge on any atom is -0.481 e. The van der Waals surface area contributed by atoms with Gasteiger partial charge in [-0.05, 0) is 56.2 Å². The highest BCUT2D eigenvalue weighted by atomic mass is 16.6. The minimum absolute atomic E-state index is 0.241. The van der Waals surface area contributed by atoms with Crippen molar-refractivity contribution in [1.82, 2.24) is 0 Å². The first-order valence-electron chi connectivity index (χ1n) is 8.70. The maximum absolute atomic E-state index is 11.9. The van der Waals surface area contributed by atoms with Crippen molar-refractivity contribution >= 4 is 23.3 Å². The molecule has 6 nitrogen and oxygen atoms in total. The van der Waals surface area contributed by atoms with Gasteiger partial charge in [-0.2, -0.15) is 0 Å². The Morgan fingerprint density at radius 1 is 0.963 bits per heavy atom. The lowest BCUT2D eigenvalue weighted by Gasteiger charge is -2.13. The van der Waals surface area contributed by atoms with Gasteiger partial charge >= 0.3 is 5.97 Å². The highest BCUT2D eigenvalue weighted by molar-refractivity contribution is 5.93. The Hall–Kier alpha value is -3.02. The van der Waals surface area contributed by atoms with Gasteiger partial charge in [0.25, 0.3) is 5.91 Å². The van der Waals surface area contributed by atoms with E-state index in [1.807, 2.05) is 64.0 Å². The van der Waals surface area contributed by atoms with Gasteiger partial charge in [0.15, 0.2) is 13.2 Å². The molecule has 1 N–H and O–H groups in total. The molecule has 0 heterocycles. The van der Waals surface area contributed by atoms with Gasteiger partial charge in [0.2, 0.25) is 0 Å². The predicted octanol–water partition coefficient (Wildman–Crippen LogP) is 3.24. The van der Waals surface area contributed by atoms with Crippen molar-refractivity contribution in [3.05, 3.63) is 53.1 Å². The third-order valence-electron chi connectivity index (χ3n) is 3.97. The molecule has 0 atom stereocenters. The standard InChI is InChI=1S/C21H26N2O4/c1-14-10-15(2)21(16(3)11-14)27-13-20(25)26-12-19(24)22-17-6-8-18(9-7-17)23(4)5/h6-11H,12-13H2,1-5H3,(H,22,24). The monoisotopic (exact) mass is 370 g/mol. The molecule has 27 heavy (non-hydrogen) atoms. The fourth-order valence-electron chi connectivity index (χ4n) is 2.75. The lowest BCUT2D eigenvalue weighted by atomic mass is 10.1. The number of carbonyl (C=O) groups is 2. The molecule has 2 rings (SSSR count). The Morgan fingerprint density at radius 2 is 1.56 bits per heavy atom. The summed E-state index contributed by atoms with van der Waals surface area (Å²) in [6, 6.07) is 11.3. The maximum atomic E-state index is 11.9. The van der Waals surface area contributed by atoms with Crippen LogP contribution in [0.3, 0.4) is 0 Å². The summed E-state index contributed by atoms with van der Waals surface area (Å²) in [5, 5.41) is 2.69. The Morgan fingerprint density at radius 3 is 2.11 bits per heavy atom. The van der Waals surface area contributed by atoms with Crippen LogP contribution >= 0.6 is 0 Å². The quantitative estimate of drug-likeness (QED) is 0.758. The molecule has 2 aromatic carbocycles. The summed E-state index contributed by atoms with van der Waals surface area (Å²) in [4.78, 5) is 25.7. The molecule has 144 valence electrons. The number of amides is 1. The van der Waals surface area contributed by atoms with Crippen LogP contribution in [0.15, 0.2) is 36.4 Å². The summed E-state index contributed by atoms with van der Waals surface area (Å²) in [5.74, 6) is -0.320. The predicted molar refractivity (Wildman–Crippen MR) is 107 cm³/mol.